The number of unbranched alkanes of at least 4 members (excludes halogenated alkanes) is 1. The summed E-state index contributed by atoms with van der Waals surface area (Å²) >= 11 is 4.64. The summed E-state index contributed by atoms with van der Waals surface area (Å²) in [5, 5.41) is 36.6. The molecule has 6 aromatic rings. The average Bonchev–Trinajstić information content (AvgIpc) is 0.950. The van der Waals surface area contributed by atoms with Gasteiger partial charge >= 0.3 is 138 Å². The van der Waals surface area contributed by atoms with E-state index in [9.17, 15) is 43.9 Å². The van der Waals surface area contributed by atoms with Gasteiger partial charge in [-0.15, -0.1) is 22.7 Å². The SMILES string of the molecule is CC(C)CS(=O)(=O)N(Cc1cc(N2CCN(S(=O)(=O)c3cccs3)CC2)ccc1C(C)(C)O)c1cccnc1.CC(C)CS(=O)(=O)NCc1cc(N2CCN(S(=O)(=O)c3cccs3)CC2)ccc1C(C)(C)O.CCCCNC.Ic1cccnc1.O=CO[O-].[Cs+].[Cs+].[H-]. The number of pyridine rings is 2. The predicted octanol–water partition coefficient (Wildman–Crippen LogP) is 1.68. The molecule has 4 aromatic heterocycles. The van der Waals surface area contributed by atoms with Gasteiger partial charge in [0.2, 0.25) is 20.0 Å². The summed E-state index contributed by atoms with van der Waals surface area (Å²) in [5.74, 6) is -0.0638. The maximum absolute atomic E-state index is 13.5. The number of nitrogens with one attached hydrogen (secondary N) is 2. The molecule has 2 aliphatic rings. The Morgan fingerprint density at radius 1 is 0.692 bits per heavy atom. The zero-order valence-electron chi connectivity index (χ0n) is 55.2. The van der Waals surface area contributed by atoms with Crippen LogP contribution in [0.1, 0.15) is 98.8 Å². The number of halogens is 1. The molecule has 496 valence electrons. The Morgan fingerprint density at radius 2 is 1.14 bits per heavy atom. The van der Waals surface area contributed by atoms with Crippen LogP contribution in [0, 0.1) is 15.4 Å². The summed E-state index contributed by atoms with van der Waals surface area (Å²) in [6.07, 6.45) is 9.30. The molecule has 0 saturated carbocycles. The molecule has 2 saturated heterocycles. The van der Waals surface area contributed by atoms with Crippen LogP contribution < -0.4 is 167 Å². The van der Waals surface area contributed by atoms with E-state index in [1.165, 1.54) is 58.2 Å². The van der Waals surface area contributed by atoms with Crippen LogP contribution >= 0.6 is 45.3 Å². The van der Waals surface area contributed by atoms with E-state index in [0.29, 0.717) is 88.7 Å². The van der Waals surface area contributed by atoms with Gasteiger partial charge in [-0.3, -0.25) is 19.1 Å². The number of anilines is 3. The van der Waals surface area contributed by atoms with Crippen LogP contribution in [0.25, 0.3) is 0 Å². The third kappa shape index (κ3) is 29.0. The largest absolute Gasteiger partial charge is 1.00 e. The number of benzene rings is 2. The number of thiophene rings is 2. The Labute approximate surface area is 681 Å². The van der Waals surface area contributed by atoms with E-state index in [1.54, 1.807) is 87.2 Å². The minimum absolute atomic E-state index is 0. The molecule has 31 heteroatoms. The van der Waals surface area contributed by atoms with E-state index in [1.807, 2.05) is 89.5 Å². The molecule has 22 nitrogen and oxygen atoms in total. The van der Waals surface area contributed by atoms with Crippen molar-refractivity contribution in [1.29, 1.82) is 0 Å². The molecule has 4 N–H and O–H groups in total. The fourth-order valence-corrected chi connectivity index (χ4v) is 18.0. The number of nitrogens with zero attached hydrogens (tertiary/aromatic N) is 7. The monoisotopic (exact) mass is 1730 g/mol. The molecule has 0 atom stereocenters. The van der Waals surface area contributed by atoms with Gasteiger partial charge in [0.1, 0.15) is 8.42 Å². The molecular weight excluding hydrogens is 1640 g/mol. The quantitative estimate of drug-likeness (QED) is 0.0233. The summed E-state index contributed by atoms with van der Waals surface area (Å²) in [4.78, 5) is 23.4. The Bertz CT molecular complexity index is 3530. The second-order valence-electron chi connectivity index (χ2n) is 22.7. The van der Waals surface area contributed by atoms with Gasteiger partial charge in [-0.25, -0.2) is 38.4 Å². The van der Waals surface area contributed by atoms with E-state index >= 15 is 0 Å². The van der Waals surface area contributed by atoms with E-state index in [2.05, 4.69) is 64.2 Å². The van der Waals surface area contributed by atoms with Crippen molar-refractivity contribution >= 4 is 109 Å². The zero-order valence-corrected chi connectivity index (χ0v) is 73.8. The number of carbonyl (C=O) groups is 1. The third-order valence-electron chi connectivity index (χ3n) is 13.5. The molecule has 0 radical (unpaired) electrons. The summed E-state index contributed by atoms with van der Waals surface area (Å²) in [5.41, 5.74) is 2.47. The minimum Gasteiger partial charge on any atom is -1.00 e. The Kier molecular flexibility index (Phi) is 39.6. The number of rotatable bonds is 23. The fraction of sp³-hybridized carbons (Fsp3) is 0.483. The van der Waals surface area contributed by atoms with Gasteiger partial charge in [-0.1, -0.05) is 65.3 Å². The molecule has 0 spiro atoms. The Balaban J connectivity index is 0.000000718. The van der Waals surface area contributed by atoms with Gasteiger partial charge in [0, 0.05) is 92.4 Å². The number of sulfonamides is 4. The molecule has 0 aliphatic carbocycles. The topological polar surface area (TPSA) is 292 Å². The first kappa shape index (κ1) is 86.5. The van der Waals surface area contributed by atoms with Crippen LogP contribution in [0.5, 0.6) is 0 Å². The molecule has 2 aliphatic heterocycles. The maximum atomic E-state index is 13.5. The van der Waals surface area contributed by atoms with Gasteiger partial charge in [0.15, 0.2) is 0 Å². The second kappa shape index (κ2) is 41.7. The van der Waals surface area contributed by atoms with Crippen LogP contribution in [-0.4, -0.2) is 146 Å². The van der Waals surface area contributed by atoms with E-state index < -0.39 is 51.3 Å². The molecule has 0 unspecified atom stereocenters. The smallest absolute Gasteiger partial charge is 1.00 e. The normalized spacial score (nSPS) is 14.2. The first-order chi connectivity index (χ1) is 41.8. The number of hydrogen-bond acceptors (Lipinski definition) is 20. The van der Waals surface area contributed by atoms with Gasteiger partial charge < -0.3 is 36.9 Å². The van der Waals surface area contributed by atoms with Crippen LogP contribution in [0.2, 0.25) is 0 Å². The number of carbonyl (C=O) groups excluding carboxylic acids is 1. The Hall–Kier alpha value is -0.636. The van der Waals surface area contributed by atoms with Crippen molar-refractivity contribution in [3.8, 4) is 0 Å². The number of aromatic nitrogens is 2. The van der Waals surface area contributed by atoms with Crippen LogP contribution in [0.15, 0.2) is 129 Å². The zero-order chi connectivity index (χ0) is 66.2. The number of piperazine rings is 2. The molecule has 0 bridgehead atoms. The minimum atomic E-state index is -3.69. The van der Waals surface area contributed by atoms with Crippen molar-refractivity contribution in [1.82, 2.24) is 28.6 Å². The molecule has 2 fully saturated rings. The van der Waals surface area contributed by atoms with E-state index in [4.69, 9.17) is 10.1 Å². The summed E-state index contributed by atoms with van der Waals surface area (Å²) in [6, 6.07) is 25.3. The number of aliphatic hydroxyl groups is 2. The third-order valence-corrected chi connectivity index (χ3v) is 24.5. The predicted molar refractivity (Wildman–Crippen MR) is 363 cm³/mol. The Morgan fingerprint density at radius 3 is 1.48 bits per heavy atom. The van der Waals surface area contributed by atoms with Crippen LogP contribution in [0.4, 0.5) is 17.1 Å². The standard InChI is InChI=1S/C27H36N4O5S3.C22H33N3O5S3.C5H4IN.C5H13N.CH2O3.2Cs.H/c1-21(2)20-38(33,34)31(24-7-5-11-28-18-24)19-22-17-23(9-10-25(22)27(3,4)32)29-12-14-30(15-13-29)39(35,36)26-8-6-16-37-26;1-17(2)16-32(27,28)23-15-18-14-19(7-8-20(18)22(3,4)26)24-9-11-25(12-10-24)33(29,30)21-6-5-13-31-21;6-5-2-1-3-7-4-5;1-3-4-5-6-2;2-1-4-3;;;/h5-11,16-18,21,32H,12-15,19-20H2,1-4H3;5-8,13-14,17,23,26H,9-12,15-16H2,1-4H3;1-4H;6H,3-5H2,1-2H3;1,3H;;;/q;;;;;2*+1;-1/p-1. The summed E-state index contributed by atoms with van der Waals surface area (Å²) in [7, 11) is -12.1. The van der Waals surface area contributed by atoms with E-state index in [0.717, 1.165) is 17.9 Å². The van der Waals surface area contributed by atoms with Crippen molar-refractivity contribution in [3.63, 3.8) is 0 Å². The van der Waals surface area contributed by atoms with Crippen LogP contribution in [0.3, 0.4) is 0 Å². The maximum Gasteiger partial charge on any atom is 1.00 e. The van der Waals surface area contributed by atoms with Crippen molar-refractivity contribution in [2.24, 2.45) is 11.8 Å². The first-order valence-electron chi connectivity index (χ1n) is 28.9. The number of hydrogen-bond donors (Lipinski definition) is 4. The van der Waals surface area contributed by atoms with Crippen LogP contribution in [-0.2, 0) is 74.1 Å². The van der Waals surface area contributed by atoms with E-state index in [-0.39, 0.29) is 182 Å². The molecule has 8 rings (SSSR count). The molecule has 91 heavy (non-hydrogen) atoms. The van der Waals surface area contributed by atoms with Crippen molar-refractivity contribution in [3.05, 3.63) is 146 Å². The molecule has 6 heterocycles. The van der Waals surface area contributed by atoms with Gasteiger partial charge in [0.05, 0.1) is 41.1 Å². The molecular formula is C60H88Cs2IN9O13S6. The van der Waals surface area contributed by atoms with Crippen molar-refractivity contribution in [2.45, 2.75) is 108 Å². The van der Waals surface area contributed by atoms with Crippen molar-refractivity contribution in [2.75, 3.05) is 91.6 Å². The second-order valence-corrected chi connectivity index (χ2v) is 33.9. The van der Waals surface area contributed by atoms with Gasteiger partial charge in [-0.05, 0) is 176 Å². The first-order valence-corrected chi connectivity index (χ1v) is 37.9. The summed E-state index contributed by atoms with van der Waals surface area (Å²) < 4.78 is 112. The molecule has 2 aromatic carbocycles. The average molecular weight is 1730 g/mol. The fourth-order valence-electron chi connectivity index (χ4n) is 9.37. The summed E-state index contributed by atoms with van der Waals surface area (Å²) in [6.45, 7) is 20.8. The van der Waals surface area contributed by atoms with Gasteiger partial charge in [-0.2, -0.15) is 8.61 Å². The van der Waals surface area contributed by atoms with Crippen molar-refractivity contribution < 1.29 is 198 Å². The molecule has 0 amide bonds. The van der Waals surface area contributed by atoms with Gasteiger partial charge in [0.25, 0.3) is 26.5 Å².